The van der Waals surface area contributed by atoms with Gasteiger partial charge in [-0.2, -0.15) is 0 Å². The predicted molar refractivity (Wildman–Crippen MR) is 63.9 cm³/mol. The van der Waals surface area contributed by atoms with E-state index in [2.05, 4.69) is 14.7 Å². The standard InChI is InChI=1S/C13H10F2N2O2/c1-7(18)13-16-4-3-11(17-13)8-5-10(15)12(19-2)6-9(8)14/h3-6H,1-2H3. The fraction of sp³-hybridized carbons (Fsp3) is 0.154. The highest BCUT2D eigenvalue weighted by molar-refractivity contribution is 5.90. The van der Waals surface area contributed by atoms with Gasteiger partial charge in [0.1, 0.15) is 5.82 Å². The number of halogens is 2. The van der Waals surface area contributed by atoms with Gasteiger partial charge in [0.15, 0.2) is 23.2 Å². The zero-order valence-electron chi connectivity index (χ0n) is 10.3. The number of ketones is 1. The molecule has 0 bridgehead atoms. The van der Waals surface area contributed by atoms with E-state index in [0.29, 0.717) is 0 Å². The molecule has 0 aliphatic heterocycles. The second-order valence-corrected chi connectivity index (χ2v) is 3.79. The van der Waals surface area contributed by atoms with Crippen LogP contribution in [0.1, 0.15) is 17.5 Å². The maximum absolute atomic E-state index is 13.8. The van der Waals surface area contributed by atoms with Crippen LogP contribution in [0.15, 0.2) is 24.4 Å². The monoisotopic (exact) mass is 264 g/mol. The number of carbonyl (C=O) groups is 1. The highest BCUT2D eigenvalue weighted by atomic mass is 19.1. The van der Waals surface area contributed by atoms with E-state index in [0.717, 1.165) is 12.1 Å². The molecule has 2 rings (SSSR count). The van der Waals surface area contributed by atoms with E-state index in [1.165, 1.54) is 26.3 Å². The molecule has 0 amide bonds. The Morgan fingerprint density at radius 3 is 2.63 bits per heavy atom. The summed E-state index contributed by atoms with van der Waals surface area (Å²) < 4.78 is 32.1. The summed E-state index contributed by atoms with van der Waals surface area (Å²) >= 11 is 0. The minimum atomic E-state index is -0.707. The molecule has 1 heterocycles. The number of nitrogens with zero attached hydrogens (tertiary/aromatic N) is 2. The number of hydrogen-bond acceptors (Lipinski definition) is 4. The van der Waals surface area contributed by atoms with Crippen molar-refractivity contribution in [3.8, 4) is 17.0 Å². The molecule has 0 aliphatic rings. The van der Waals surface area contributed by atoms with Crippen molar-refractivity contribution >= 4 is 5.78 Å². The summed E-state index contributed by atoms with van der Waals surface area (Å²) in [5, 5.41) is 0. The van der Waals surface area contributed by atoms with Crippen molar-refractivity contribution in [2.75, 3.05) is 7.11 Å². The number of benzene rings is 1. The van der Waals surface area contributed by atoms with Crippen LogP contribution in [0.5, 0.6) is 5.75 Å². The normalized spacial score (nSPS) is 10.3. The van der Waals surface area contributed by atoms with Gasteiger partial charge in [-0.15, -0.1) is 0 Å². The Hall–Kier alpha value is -2.37. The number of hydrogen-bond donors (Lipinski definition) is 0. The van der Waals surface area contributed by atoms with Crippen molar-refractivity contribution in [2.24, 2.45) is 0 Å². The van der Waals surface area contributed by atoms with E-state index in [4.69, 9.17) is 0 Å². The van der Waals surface area contributed by atoms with Gasteiger partial charge in [0.05, 0.1) is 12.8 Å². The van der Waals surface area contributed by atoms with Gasteiger partial charge in [-0.1, -0.05) is 0 Å². The van der Waals surface area contributed by atoms with Crippen LogP contribution in [0, 0.1) is 11.6 Å². The average molecular weight is 264 g/mol. The molecule has 6 heteroatoms. The van der Waals surface area contributed by atoms with Gasteiger partial charge in [0.25, 0.3) is 0 Å². The lowest BCUT2D eigenvalue weighted by Crippen LogP contribution is -2.02. The minimum Gasteiger partial charge on any atom is -0.494 e. The molecule has 0 aliphatic carbocycles. The zero-order chi connectivity index (χ0) is 14.0. The van der Waals surface area contributed by atoms with Crippen LogP contribution in [0.25, 0.3) is 11.3 Å². The third kappa shape index (κ3) is 2.57. The van der Waals surface area contributed by atoms with Crippen LogP contribution in [-0.4, -0.2) is 22.9 Å². The van der Waals surface area contributed by atoms with Gasteiger partial charge < -0.3 is 4.74 Å². The number of rotatable bonds is 3. The maximum atomic E-state index is 13.8. The topological polar surface area (TPSA) is 52.1 Å². The van der Waals surface area contributed by atoms with Crippen LogP contribution in [0.4, 0.5) is 8.78 Å². The zero-order valence-corrected chi connectivity index (χ0v) is 10.3. The van der Waals surface area contributed by atoms with Crippen LogP contribution < -0.4 is 4.74 Å². The molecule has 1 aromatic heterocycles. The quantitative estimate of drug-likeness (QED) is 0.800. The van der Waals surface area contributed by atoms with Gasteiger partial charge in [-0.3, -0.25) is 4.79 Å². The van der Waals surface area contributed by atoms with Crippen LogP contribution >= 0.6 is 0 Å². The van der Waals surface area contributed by atoms with Crippen LogP contribution in [-0.2, 0) is 0 Å². The summed E-state index contributed by atoms with van der Waals surface area (Å²) in [6.07, 6.45) is 1.32. The SMILES string of the molecule is COc1cc(F)c(-c2ccnc(C(C)=O)n2)cc1F. The molecule has 98 valence electrons. The Labute approximate surface area is 108 Å². The highest BCUT2D eigenvalue weighted by Crippen LogP contribution is 2.27. The van der Waals surface area contributed by atoms with E-state index in [-0.39, 0.29) is 28.6 Å². The fourth-order valence-corrected chi connectivity index (χ4v) is 1.56. The second kappa shape index (κ2) is 5.09. The molecular weight excluding hydrogens is 254 g/mol. The molecule has 4 nitrogen and oxygen atoms in total. The van der Waals surface area contributed by atoms with Gasteiger partial charge >= 0.3 is 0 Å². The van der Waals surface area contributed by atoms with Gasteiger partial charge in [-0.25, -0.2) is 18.7 Å². The Bertz CT molecular complexity index is 645. The minimum absolute atomic E-state index is 0.0480. The van der Waals surface area contributed by atoms with Crippen molar-refractivity contribution in [1.82, 2.24) is 9.97 Å². The molecule has 0 spiro atoms. The maximum Gasteiger partial charge on any atom is 0.196 e. The lowest BCUT2D eigenvalue weighted by atomic mass is 10.1. The summed E-state index contributed by atoms with van der Waals surface area (Å²) in [5.41, 5.74) is 0.0856. The Morgan fingerprint density at radius 2 is 2.00 bits per heavy atom. The molecule has 0 N–H and O–H groups in total. The largest absolute Gasteiger partial charge is 0.494 e. The summed E-state index contributed by atoms with van der Waals surface area (Å²) in [6.45, 7) is 1.30. The summed E-state index contributed by atoms with van der Waals surface area (Å²) in [5.74, 6) is -1.99. The molecule has 0 saturated heterocycles. The number of Topliss-reactive ketones (excluding diaryl/α,β-unsaturated/α-hetero) is 1. The molecule has 2 aromatic rings. The molecule has 0 unspecified atom stereocenters. The first-order valence-corrected chi connectivity index (χ1v) is 5.40. The van der Waals surface area contributed by atoms with Crippen LogP contribution in [0.3, 0.4) is 0 Å². The van der Waals surface area contributed by atoms with E-state index in [1.807, 2.05) is 0 Å². The van der Waals surface area contributed by atoms with E-state index < -0.39 is 11.6 Å². The molecule has 0 atom stereocenters. The van der Waals surface area contributed by atoms with Crippen molar-refractivity contribution in [3.05, 3.63) is 41.9 Å². The first kappa shape index (κ1) is 13.1. The van der Waals surface area contributed by atoms with Crippen molar-refractivity contribution in [1.29, 1.82) is 0 Å². The number of methoxy groups -OCH3 is 1. The lowest BCUT2D eigenvalue weighted by Gasteiger charge is -2.07. The lowest BCUT2D eigenvalue weighted by molar-refractivity contribution is 0.100. The van der Waals surface area contributed by atoms with E-state index in [9.17, 15) is 13.6 Å². The number of carbonyl (C=O) groups excluding carboxylic acids is 1. The van der Waals surface area contributed by atoms with E-state index >= 15 is 0 Å². The summed E-state index contributed by atoms with van der Waals surface area (Å²) in [6, 6.07) is 3.30. The summed E-state index contributed by atoms with van der Waals surface area (Å²) in [4.78, 5) is 18.8. The van der Waals surface area contributed by atoms with Gasteiger partial charge in [0.2, 0.25) is 0 Å². The number of aromatic nitrogens is 2. The molecule has 1 aromatic carbocycles. The highest BCUT2D eigenvalue weighted by Gasteiger charge is 2.14. The van der Waals surface area contributed by atoms with Gasteiger partial charge in [0, 0.05) is 24.8 Å². The molecule has 19 heavy (non-hydrogen) atoms. The smallest absolute Gasteiger partial charge is 0.196 e. The van der Waals surface area contributed by atoms with Crippen molar-refractivity contribution < 1.29 is 18.3 Å². The Balaban J connectivity index is 2.56. The number of ether oxygens (including phenoxy) is 1. The third-order valence-electron chi connectivity index (χ3n) is 2.49. The van der Waals surface area contributed by atoms with Crippen molar-refractivity contribution in [3.63, 3.8) is 0 Å². The second-order valence-electron chi connectivity index (χ2n) is 3.79. The van der Waals surface area contributed by atoms with Crippen molar-refractivity contribution in [2.45, 2.75) is 6.92 Å². The first-order valence-electron chi connectivity index (χ1n) is 5.40. The average Bonchev–Trinajstić information content (AvgIpc) is 2.41. The molecule has 0 radical (unpaired) electrons. The third-order valence-corrected chi connectivity index (χ3v) is 2.49. The predicted octanol–water partition coefficient (Wildman–Crippen LogP) is 2.63. The van der Waals surface area contributed by atoms with E-state index in [1.54, 1.807) is 0 Å². The molecule has 0 fully saturated rings. The first-order chi connectivity index (χ1) is 9.02. The van der Waals surface area contributed by atoms with Crippen LogP contribution in [0.2, 0.25) is 0 Å². The summed E-state index contributed by atoms with van der Waals surface area (Å²) in [7, 11) is 1.25. The molecule has 0 saturated carbocycles. The van der Waals surface area contributed by atoms with Gasteiger partial charge in [-0.05, 0) is 12.1 Å². The molecular formula is C13H10F2N2O2. The Morgan fingerprint density at radius 1 is 1.26 bits per heavy atom. The fourth-order valence-electron chi connectivity index (χ4n) is 1.56. The Kier molecular flexibility index (Phi) is 3.50.